The predicted octanol–water partition coefficient (Wildman–Crippen LogP) is 2.38. The summed E-state index contributed by atoms with van der Waals surface area (Å²) < 4.78 is 0. The number of amides is 2. The van der Waals surface area contributed by atoms with Gasteiger partial charge in [0.05, 0.1) is 0 Å². The first-order valence-corrected chi connectivity index (χ1v) is 9.79. The van der Waals surface area contributed by atoms with E-state index in [2.05, 4.69) is 15.2 Å². The summed E-state index contributed by atoms with van der Waals surface area (Å²) in [5.74, 6) is 1.81. The fourth-order valence-corrected chi connectivity index (χ4v) is 4.48. The second kappa shape index (κ2) is 6.89. The Morgan fingerprint density at radius 2 is 2.19 bits per heavy atom. The van der Waals surface area contributed by atoms with Gasteiger partial charge in [-0.1, -0.05) is 0 Å². The summed E-state index contributed by atoms with van der Waals surface area (Å²) in [6.07, 6.45) is 7.87. The van der Waals surface area contributed by atoms with Crippen molar-refractivity contribution >= 4 is 17.6 Å². The van der Waals surface area contributed by atoms with Crippen LogP contribution in [0.2, 0.25) is 0 Å². The van der Waals surface area contributed by atoms with Gasteiger partial charge >= 0.3 is 0 Å². The van der Waals surface area contributed by atoms with Crippen molar-refractivity contribution in [1.29, 1.82) is 0 Å². The Bertz CT molecular complexity index is 703. The van der Waals surface area contributed by atoms with Gasteiger partial charge in [0, 0.05) is 56.8 Å². The SMILES string of the molecule is CNc1cc(C(=O)N2CCC[C@@]3(CCC(=O)N(CC4CC4)C3)C2)ccn1. The summed E-state index contributed by atoms with van der Waals surface area (Å²) in [4.78, 5) is 33.6. The monoisotopic (exact) mass is 356 g/mol. The maximum absolute atomic E-state index is 13.0. The van der Waals surface area contributed by atoms with E-state index in [0.717, 1.165) is 45.4 Å². The molecule has 2 amide bonds. The number of anilines is 1. The normalized spacial score (nSPS) is 26.3. The number of carbonyl (C=O) groups is 2. The second-order valence-electron chi connectivity index (χ2n) is 8.23. The zero-order chi connectivity index (χ0) is 18.1. The van der Waals surface area contributed by atoms with Crippen LogP contribution in [0.5, 0.6) is 0 Å². The van der Waals surface area contributed by atoms with E-state index in [0.29, 0.717) is 29.6 Å². The summed E-state index contributed by atoms with van der Waals surface area (Å²) in [7, 11) is 1.81. The van der Waals surface area contributed by atoms with E-state index in [1.165, 1.54) is 12.8 Å². The van der Waals surface area contributed by atoms with E-state index < -0.39 is 0 Å². The molecule has 6 heteroatoms. The third-order valence-corrected chi connectivity index (χ3v) is 6.14. The minimum atomic E-state index is 0.0774. The van der Waals surface area contributed by atoms with Gasteiger partial charge in [0.2, 0.25) is 5.91 Å². The van der Waals surface area contributed by atoms with Crippen molar-refractivity contribution in [3.05, 3.63) is 23.9 Å². The molecule has 26 heavy (non-hydrogen) atoms. The van der Waals surface area contributed by atoms with Gasteiger partial charge in [-0.05, 0) is 50.2 Å². The number of aromatic nitrogens is 1. The first kappa shape index (κ1) is 17.3. The summed E-state index contributed by atoms with van der Waals surface area (Å²) >= 11 is 0. The molecule has 3 fully saturated rings. The smallest absolute Gasteiger partial charge is 0.254 e. The Hall–Kier alpha value is -2.11. The number of likely N-dealkylation sites (tertiary alicyclic amines) is 2. The van der Waals surface area contributed by atoms with Crippen molar-refractivity contribution in [1.82, 2.24) is 14.8 Å². The summed E-state index contributed by atoms with van der Waals surface area (Å²) in [5.41, 5.74) is 0.762. The van der Waals surface area contributed by atoms with Crippen LogP contribution >= 0.6 is 0 Å². The van der Waals surface area contributed by atoms with Crippen LogP contribution < -0.4 is 5.32 Å². The van der Waals surface area contributed by atoms with Crippen molar-refractivity contribution in [2.45, 2.75) is 38.5 Å². The number of nitrogens with one attached hydrogen (secondary N) is 1. The molecule has 0 unspecified atom stereocenters. The van der Waals surface area contributed by atoms with Gasteiger partial charge in [0.25, 0.3) is 5.91 Å². The highest BCUT2D eigenvalue weighted by molar-refractivity contribution is 5.95. The van der Waals surface area contributed by atoms with Gasteiger partial charge in [0.1, 0.15) is 5.82 Å². The van der Waals surface area contributed by atoms with E-state index in [9.17, 15) is 9.59 Å². The van der Waals surface area contributed by atoms with Crippen molar-refractivity contribution in [2.24, 2.45) is 11.3 Å². The number of carbonyl (C=O) groups excluding carboxylic acids is 2. The average Bonchev–Trinajstić information content (AvgIpc) is 3.48. The summed E-state index contributed by atoms with van der Waals surface area (Å²) in [6, 6.07) is 3.60. The zero-order valence-electron chi connectivity index (χ0n) is 15.5. The Morgan fingerprint density at radius 1 is 1.35 bits per heavy atom. The number of rotatable bonds is 4. The number of nitrogens with zero attached hydrogens (tertiary/aromatic N) is 3. The Morgan fingerprint density at radius 3 is 2.96 bits per heavy atom. The highest BCUT2D eigenvalue weighted by atomic mass is 16.2. The van der Waals surface area contributed by atoms with E-state index in [1.54, 1.807) is 19.3 Å². The molecule has 3 heterocycles. The van der Waals surface area contributed by atoms with Gasteiger partial charge in [-0.3, -0.25) is 9.59 Å². The van der Waals surface area contributed by atoms with Gasteiger partial charge in [-0.15, -0.1) is 0 Å². The first-order valence-electron chi connectivity index (χ1n) is 9.79. The van der Waals surface area contributed by atoms with Crippen LogP contribution in [0.3, 0.4) is 0 Å². The maximum atomic E-state index is 13.0. The predicted molar refractivity (Wildman–Crippen MR) is 99.9 cm³/mol. The van der Waals surface area contributed by atoms with Crippen molar-refractivity contribution in [3.8, 4) is 0 Å². The Kier molecular flexibility index (Phi) is 4.59. The lowest BCUT2D eigenvalue weighted by atomic mass is 9.73. The van der Waals surface area contributed by atoms with Crippen LogP contribution in [0.1, 0.15) is 48.9 Å². The summed E-state index contributed by atoms with van der Waals surface area (Å²) in [6.45, 7) is 3.31. The molecule has 6 nitrogen and oxygen atoms in total. The maximum Gasteiger partial charge on any atom is 0.254 e. The molecular formula is C20H28N4O2. The molecule has 4 rings (SSSR count). The Labute approximate surface area is 155 Å². The quantitative estimate of drug-likeness (QED) is 0.900. The van der Waals surface area contributed by atoms with Crippen LogP contribution in [0.25, 0.3) is 0 Å². The number of hydrogen-bond donors (Lipinski definition) is 1. The summed E-state index contributed by atoms with van der Waals surface area (Å²) in [5, 5.41) is 2.99. The van der Waals surface area contributed by atoms with E-state index in [4.69, 9.17) is 0 Å². The van der Waals surface area contributed by atoms with Gasteiger partial charge < -0.3 is 15.1 Å². The molecule has 1 spiro atoms. The van der Waals surface area contributed by atoms with E-state index >= 15 is 0 Å². The Balaban J connectivity index is 1.47. The number of hydrogen-bond acceptors (Lipinski definition) is 4. The highest BCUT2D eigenvalue weighted by Crippen LogP contribution is 2.41. The standard InChI is InChI=1S/C20H28N4O2/c1-21-17-11-16(6-9-22-17)19(26)23-10-2-7-20(13-23)8-5-18(25)24(14-20)12-15-3-4-15/h6,9,11,15H,2-5,7-8,10,12-14H2,1H3,(H,21,22)/t20-/m1/s1. The molecule has 1 saturated carbocycles. The molecule has 1 atom stereocenters. The van der Waals surface area contributed by atoms with Crippen LogP contribution in [0.15, 0.2) is 18.3 Å². The third-order valence-electron chi connectivity index (χ3n) is 6.14. The molecule has 1 aromatic rings. The minimum absolute atomic E-state index is 0.0774. The molecule has 2 saturated heterocycles. The topological polar surface area (TPSA) is 65.5 Å². The fraction of sp³-hybridized carbons (Fsp3) is 0.650. The zero-order valence-corrected chi connectivity index (χ0v) is 15.5. The molecule has 1 N–H and O–H groups in total. The van der Waals surface area contributed by atoms with Gasteiger partial charge in [-0.2, -0.15) is 0 Å². The van der Waals surface area contributed by atoms with Crippen molar-refractivity contribution in [3.63, 3.8) is 0 Å². The van der Waals surface area contributed by atoms with Crippen molar-refractivity contribution in [2.75, 3.05) is 38.5 Å². The van der Waals surface area contributed by atoms with Gasteiger partial charge in [0.15, 0.2) is 0 Å². The molecule has 0 radical (unpaired) electrons. The fourth-order valence-electron chi connectivity index (χ4n) is 4.48. The van der Waals surface area contributed by atoms with Crippen LogP contribution in [-0.4, -0.2) is 59.8 Å². The second-order valence-corrected chi connectivity index (χ2v) is 8.23. The van der Waals surface area contributed by atoms with E-state index in [-0.39, 0.29) is 11.3 Å². The average molecular weight is 356 g/mol. The third kappa shape index (κ3) is 3.55. The molecule has 1 aromatic heterocycles. The molecule has 140 valence electrons. The number of pyridine rings is 1. The van der Waals surface area contributed by atoms with Crippen molar-refractivity contribution < 1.29 is 9.59 Å². The lowest BCUT2D eigenvalue weighted by Gasteiger charge is -2.48. The van der Waals surface area contributed by atoms with Crippen LogP contribution in [0, 0.1) is 11.3 Å². The minimum Gasteiger partial charge on any atom is -0.373 e. The molecule has 0 aromatic carbocycles. The molecular weight excluding hydrogens is 328 g/mol. The largest absolute Gasteiger partial charge is 0.373 e. The van der Waals surface area contributed by atoms with Crippen LogP contribution in [-0.2, 0) is 4.79 Å². The molecule has 3 aliphatic rings. The first-order chi connectivity index (χ1) is 12.6. The van der Waals surface area contributed by atoms with Crippen LogP contribution in [0.4, 0.5) is 5.82 Å². The van der Waals surface area contributed by atoms with Gasteiger partial charge in [-0.25, -0.2) is 4.98 Å². The molecule has 1 aliphatic carbocycles. The lowest BCUT2D eigenvalue weighted by molar-refractivity contribution is -0.139. The van der Waals surface area contributed by atoms with E-state index in [1.807, 2.05) is 11.0 Å². The lowest BCUT2D eigenvalue weighted by Crippen LogP contribution is -2.55. The molecule has 2 aliphatic heterocycles. The molecule has 0 bridgehead atoms. The highest BCUT2D eigenvalue weighted by Gasteiger charge is 2.43. The number of piperidine rings is 2.